The van der Waals surface area contributed by atoms with Crippen molar-refractivity contribution >= 4 is 17.4 Å². The first-order valence-electron chi connectivity index (χ1n) is 8.02. The number of carbonyl (C=O) groups is 1. The Bertz CT molecular complexity index is 431. The summed E-state index contributed by atoms with van der Waals surface area (Å²) in [6, 6.07) is 4.43. The molecule has 2 rings (SSSR count). The summed E-state index contributed by atoms with van der Waals surface area (Å²) < 4.78 is 5.40. The van der Waals surface area contributed by atoms with Gasteiger partial charge in [-0.2, -0.15) is 0 Å². The number of carbonyl (C=O) groups excluding carboxylic acids is 1. The molecule has 1 fully saturated rings. The highest BCUT2D eigenvalue weighted by Crippen LogP contribution is 2.12. The third kappa shape index (κ3) is 5.59. The highest BCUT2D eigenvalue weighted by Gasteiger charge is 2.24. The third-order valence-corrected chi connectivity index (χ3v) is 4.93. The van der Waals surface area contributed by atoms with E-state index < -0.39 is 0 Å². The van der Waals surface area contributed by atoms with Gasteiger partial charge in [-0.1, -0.05) is 19.9 Å². The Morgan fingerprint density at radius 3 is 2.77 bits per heavy atom. The number of hydrogen-bond acceptors (Lipinski definition) is 4. The minimum absolute atomic E-state index is 0.0736. The maximum Gasteiger partial charge on any atom is 0.314 e. The molecule has 124 valence electrons. The second-order valence-corrected chi connectivity index (χ2v) is 6.96. The van der Waals surface area contributed by atoms with E-state index in [2.05, 4.69) is 40.8 Å². The summed E-state index contributed by atoms with van der Waals surface area (Å²) in [6.07, 6.45) is 0.891. The second-order valence-electron chi connectivity index (χ2n) is 5.93. The molecule has 1 aliphatic heterocycles. The van der Waals surface area contributed by atoms with Gasteiger partial charge in [0.15, 0.2) is 0 Å². The lowest BCUT2D eigenvalue weighted by Crippen LogP contribution is -2.52. The van der Waals surface area contributed by atoms with Crippen LogP contribution in [0.2, 0.25) is 0 Å². The molecule has 0 bridgehead atoms. The van der Waals surface area contributed by atoms with E-state index in [1.165, 1.54) is 4.88 Å². The van der Waals surface area contributed by atoms with Gasteiger partial charge in [-0.3, -0.25) is 4.90 Å². The van der Waals surface area contributed by atoms with Crippen LogP contribution in [0.25, 0.3) is 0 Å². The van der Waals surface area contributed by atoms with E-state index in [1.807, 2.05) is 6.07 Å². The molecule has 2 amide bonds. The van der Waals surface area contributed by atoms with E-state index in [0.29, 0.717) is 25.0 Å². The first-order chi connectivity index (χ1) is 10.7. The molecule has 2 N–H and O–H groups in total. The number of urea groups is 1. The van der Waals surface area contributed by atoms with Crippen molar-refractivity contribution in [3.05, 3.63) is 22.4 Å². The SMILES string of the molecule is CC(C)C(CNC(=O)NCCc1cccs1)N1CCOCC1. The van der Waals surface area contributed by atoms with E-state index in [0.717, 1.165) is 32.7 Å². The molecular formula is C16H27N3O2S. The molecule has 2 heterocycles. The first kappa shape index (κ1) is 17.2. The van der Waals surface area contributed by atoms with E-state index in [9.17, 15) is 4.79 Å². The van der Waals surface area contributed by atoms with Crippen LogP contribution in [0.15, 0.2) is 17.5 Å². The van der Waals surface area contributed by atoms with Gasteiger partial charge in [-0.25, -0.2) is 4.79 Å². The van der Waals surface area contributed by atoms with Gasteiger partial charge < -0.3 is 15.4 Å². The number of rotatable bonds is 7. The molecule has 0 spiro atoms. The molecule has 1 unspecified atom stereocenters. The lowest BCUT2D eigenvalue weighted by atomic mass is 10.0. The maximum atomic E-state index is 11.9. The summed E-state index contributed by atoms with van der Waals surface area (Å²) in [5.41, 5.74) is 0. The fourth-order valence-corrected chi connectivity index (χ4v) is 3.42. The lowest BCUT2D eigenvalue weighted by Gasteiger charge is -2.36. The molecule has 0 aromatic carbocycles. The molecule has 0 radical (unpaired) electrons. The van der Waals surface area contributed by atoms with Gasteiger partial charge in [0.1, 0.15) is 0 Å². The Balaban J connectivity index is 1.68. The molecule has 5 nitrogen and oxygen atoms in total. The van der Waals surface area contributed by atoms with Crippen LogP contribution in [-0.2, 0) is 11.2 Å². The summed E-state index contributed by atoms with van der Waals surface area (Å²) in [4.78, 5) is 15.6. The molecule has 6 heteroatoms. The van der Waals surface area contributed by atoms with Gasteiger partial charge in [0.25, 0.3) is 0 Å². The molecule has 1 saturated heterocycles. The fourth-order valence-electron chi connectivity index (χ4n) is 2.71. The van der Waals surface area contributed by atoms with Gasteiger partial charge in [0.2, 0.25) is 0 Å². The maximum absolute atomic E-state index is 11.9. The number of nitrogens with one attached hydrogen (secondary N) is 2. The predicted molar refractivity (Wildman–Crippen MR) is 90.4 cm³/mol. The normalized spacial score (nSPS) is 17.4. The second kappa shape index (κ2) is 9.12. The number of ether oxygens (including phenoxy) is 1. The average Bonchev–Trinajstić information content (AvgIpc) is 3.01. The van der Waals surface area contributed by atoms with Crippen LogP contribution in [0.3, 0.4) is 0 Å². The smallest absolute Gasteiger partial charge is 0.314 e. The number of thiophene rings is 1. The molecule has 1 aromatic rings. The van der Waals surface area contributed by atoms with Crippen molar-refractivity contribution in [3.8, 4) is 0 Å². The summed E-state index contributed by atoms with van der Waals surface area (Å²) >= 11 is 1.73. The average molecular weight is 325 g/mol. The predicted octanol–water partition coefficient (Wildman–Crippen LogP) is 1.95. The molecule has 1 aromatic heterocycles. The zero-order valence-electron chi connectivity index (χ0n) is 13.5. The van der Waals surface area contributed by atoms with Gasteiger partial charge in [0, 0.05) is 37.1 Å². The number of amides is 2. The summed E-state index contributed by atoms with van der Waals surface area (Å²) in [6.45, 7) is 9.24. The van der Waals surface area contributed by atoms with Crippen molar-refractivity contribution in [2.24, 2.45) is 5.92 Å². The van der Waals surface area contributed by atoms with E-state index in [-0.39, 0.29) is 6.03 Å². The lowest BCUT2D eigenvalue weighted by molar-refractivity contribution is 0.00720. The van der Waals surface area contributed by atoms with Crippen molar-refractivity contribution in [2.75, 3.05) is 39.4 Å². The van der Waals surface area contributed by atoms with E-state index in [1.54, 1.807) is 11.3 Å². The fraction of sp³-hybridized carbons (Fsp3) is 0.688. The zero-order valence-corrected chi connectivity index (χ0v) is 14.3. The Labute approximate surface area is 137 Å². The number of morpholine rings is 1. The summed E-state index contributed by atoms with van der Waals surface area (Å²) in [7, 11) is 0. The minimum atomic E-state index is -0.0736. The van der Waals surface area contributed by atoms with Gasteiger partial charge in [0.05, 0.1) is 13.2 Å². The summed E-state index contributed by atoms with van der Waals surface area (Å²) in [5.74, 6) is 0.504. The quantitative estimate of drug-likeness (QED) is 0.806. The Kier molecular flexibility index (Phi) is 7.15. The minimum Gasteiger partial charge on any atom is -0.379 e. The van der Waals surface area contributed by atoms with Crippen LogP contribution in [0, 0.1) is 5.92 Å². The van der Waals surface area contributed by atoms with Crippen LogP contribution in [0.1, 0.15) is 18.7 Å². The van der Waals surface area contributed by atoms with E-state index >= 15 is 0 Å². The van der Waals surface area contributed by atoms with Crippen molar-refractivity contribution in [2.45, 2.75) is 26.3 Å². The molecule has 1 atom stereocenters. The molecule has 0 aliphatic carbocycles. The van der Waals surface area contributed by atoms with E-state index in [4.69, 9.17) is 4.74 Å². The Morgan fingerprint density at radius 2 is 2.14 bits per heavy atom. The monoisotopic (exact) mass is 325 g/mol. The Morgan fingerprint density at radius 1 is 1.36 bits per heavy atom. The standard InChI is InChI=1S/C16H27N3O2S/c1-13(2)15(19-7-9-21-10-8-19)12-18-16(20)17-6-5-14-4-3-11-22-14/h3-4,11,13,15H,5-10,12H2,1-2H3,(H2,17,18,20). The van der Waals surface area contributed by atoms with Gasteiger partial charge in [-0.05, 0) is 23.8 Å². The van der Waals surface area contributed by atoms with Crippen molar-refractivity contribution in [3.63, 3.8) is 0 Å². The molecule has 1 aliphatic rings. The molecule has 22 heavy (non-hydrogen) atoms. The topological polar surface area (TPSA) is 53.6 Å². The zero-order chi connectivity index (χ0) is 15.8. The summed E-state index contributed by atoms with van der Waals surface area (Å²) in [5, 5.41) is 8.00. The number of nitrogens with zero attached hydrogens (tertiary/aromatic N) is 1. The number of hydrogen-bond donors (Lipinski definition) is 2. The van der Waals surface area contributed by atoms with Crippen LogP contribution >= 0.6 is 11.3 Å². The highest BCUT2D eigenvalue weighted by molar-refractivity contribution is 7.09. The Hall–Kier alpha value is -1.11. The van der Waals surface area contributed by atoms with Crippen LogP contribution in [0.4, 0.5) is 4.79 Å². The van der Waals surface area contributed by atoms with Crippen LogP contribution in [-0.4, -0.2) is 56.4 Å². The largest absolute Gasteiger partial charge is 0.379 e. The third-order valence-electron chi connectivity index (χ3n) is 3.99. The van der Waals surface area contributed by atoms with Crippen molar-refractivity contribution in [1.29, 1.82) is 0 Å². The molecular weight excluding hydrogens is 298 g/mol. The van der Waals surface area contributed by atoms with Gasteiger partial charge in [-0.15, -0.1) is 11.3 Å². The van der Waals surface area contributed by atoms with Crippen LogP contribution in [0.5, 0.6) is 0 Å². The van der Waals surface area contributed by atoms with Crippen LogP contribution < -0.4 is 10.6 Å². The highest BCUT2D eigenvalue weighted by atomic mass is 32.1. The van der Waals surface area contributed by atoms with Gasteiger partial charge >= 0.3 is 6.03 Å². The van der Waals surface area contributed by atoms with Crippen molar-refractivity contribution in [1.82, 2.24) is 15.5 Å². The molecule has 0 saturated carbocycles. The van der Waals surface area contributed by atoms with Crippen molar-refractivity contribution < 1.29 is 9.53 Å². The first-order valence-corrected chi connectivity index (χ1v) is 8.90.